The maximum Gasteiger partial charge on any atom is 0.287 e. The van der Waals surface area contributed by atoms with Crippen molar-refractivity contribution in [1.29, 1.82) is 5.26 Å². The second-order valence-electron chi connectivity index (χ2n) is 7.67. The summed E-state index contributed by atoms with van der Waals surface area (Å²) in [4.78, 5) is 15.0. The Kier molecular flexibility index (Phi) is 6.65. The Hall–Kier alpha value is -3.56. The molecule has 3 aromatic rings. The van der Waals surface area contributed by atoms with Gasteiger partial charge in [-0.25, -0.2) is 0 Å². The number of piperidine rings is 1. The summed E-state index contributed by atoms with van der Waals surface area (Å²) in [5, 5.41) is 12.2. The lowest BCUT2D eigenvalue weighted by Gasteiger charge is -2.32. The van der Waals surface area contributed by atoms with Crippen molar-refractivity contribution in [3.05, 3.63) is 89.4 Å². The Morgan fingerprint density at radius 1 is 1.06 bits per heavy atom. The van der Waals surface area contributed by atoms with Gasteiger partial charge in [0.15, 0.2) is 5.76 Å². The first-order valence-electron chi connectivity index (χ1n) is 10.5. The summed E-state index contributed by atoms with van der Waals surface area (Å²) in [7, 11) is 0. The summed E-state index contributed by atoms with van der Waals surface area (Å²) in [5.41, 5.74) is 1.78. The Labute approximate surface area is 182 Å². The Bertz CT molecular complexity index is 1050. The molecule has 158 valence electrons. The maximum absolute atomic E-state index is 12.6. The minimum Gasteiger partial charge on any atom is -0.484 e. The number of rotatable bonds is 7. The van der Waals surface area contributed by atoms with Gasteiger partial charge in [-0.15, -0.1) is 0 Å². The van der Waals surface area contributed by atoms with Gasteiger partial charge >= 0.3 is 0 Å². The molecule has 1 amide bonds. The summed E-state index contributed by atoms with van der Waals surface area (Å²) in [6.07, 6.45) is 1.83. The zero-order valence-corrected chi connectivity index (χ0v) is 17.3. The first-order chi connectivity index (χ1) is 15.2. The first-order valence-corrected chi connectivity index (χ1v) is 10.5. The number of hydrogen-bond acceptors (Lipinski definition) is 5. The van der Waals surface area contributed by atoms with Crippen LogP contribution < -0.4 is 10.1 Å². The summed E-state index contributed by atoms with van der Waals surface area (Å²) >= 11 is 0. The molecule has 1 saturated heterocycles. The van der Waals surface area contributed by atoms with E-state index in [1.165, 1.54) is 5.56 Å². The van der Waals surface area contributed by atoms with Gasteiger partial charge in [0, 0.05) is 25.7 Å². The normalized spacial score (nSPS) is 14.7. The predicted molar refractivity (Wildman–Crippen MR) is 116 cm³/mol. The van der Waals surface area contributed by atoms with Crippen molar-refractivity contribution in [2.24, 2.45) is 0 Å². The number of carbonyl (C=O) groups is 1. The van der Waals surface area contributed by atoms with Crippen LogP contribution in [0.15, 0.2) is 71.1 Å². The number of nitrogens with zero attached hydrogens (tertiary/aromatic N) is 2. The van der Waals surface area contributed by atoms with E-state index in [4.69, 9.17) is 14.4 Å². The molecular weight excluding hydrogens is 390 g/mol. The number of likely N-dealkylation sites (tertiary alicyclic amines) is 1. The number of nitrogens with one attached hydrogen (secondary N) is 1. The van der Waals surface area contributed by atoms with Crippen LogP contribution in [-0.4, -0.2) is 29.9 Å². The van der Waals surface area contributed by atoms with Gasteiger partial charge in [0.1, 0.15) is 24.2 Å². The summed E-state index contributed by atoms with van der Waals surface area (Å²) < 4.78 is 11.3. The Balaban J connectivity index is 1.24. The largest absolute Gasteiger partial charge is 0.484 e. The van der Waals surface area contributed by atoms with Gasteiger partial charge in [-0.05, 0) is 42.7 Å². The fraction of sp³-hybridized carbons (Fsp3) is 0.280. The van der Waals surface area contributed by atoms with E-state index >= 15 is 0 Å². The standard InChI is InChI=1S/C25H25N3O3/c26-16-20-8-4-5-9-23(20)30-18-22-10-11-24(31-22)25(29)27-21-12-14-28(15-13-21)17-19-6-2-1-3-7-19/h1-11,21H,12-15,17-18H2,(H,27,29). The SMILES string of the molecule is N#Cc1ccccc1OCc1ccc(C(=O)NC2CCN(Cc3ccccc3)CC2)o1. The fourth-order valence-electron chi connectivity index (χ4n) is 3.74. The topological polar surface area (TPSA) is 78.5 Å². The number of para-hydroxylation sites is 1. The highest BCUT2D eigenvalue weighted by Crippen LogP contribution is 2.19. The summed E-state index contributed by atoms with van der Waals surface area (Å²) in [6, 6.07) is 23.1. The van der Waals surface area contributed by atoms with Crippen LogP contribution in [0.25, 0.3) is 0 Å². The van der Waals surface area contributed by atoms with Crippen LogP contribution in [-0.2, 0) is 13.2 Å². The number of benzene rings is 2. The van der Waals surface area contributed by atoms with Crippen molar-refractivity contribution in [2.45, 2.75) is 32.0 Å². The molecule has 31 heavy (non-hydrogen) atoms. The lowest BCUT2D eigenvalue weighted by atomic mass is 10.0. The lowest BCUT2D eigenvalue weighted by Crippen LogP contribution is -2.44. The number of nitriles is 1. The van der Waals surface area contributed by atoms with E-state index in [1.807, 2.05) is 12.1 Å². The number of hydrogen-bond donors (Lipinski definition) is 1. The summed E-state index contributed by atoms with van der Waals surface area (Å²) in [6.45, 7) is 3.01. The maximum atomic E-state index is 12.6. The molecule has 0 aliphatic carbocycles. The van der Waals surface area contributed by atoms with E-state index in [0.29, 0.717) is 17.1 Å². The van der Waals surface area contributed by atoms with Crippen LogP contribution in [0.5, 0.6) is 5.75 Å². The van der Waals surface area contributed by atoms with Crippen LogP contribution in [0, 0.1) is 11.3 Å². The molecule has 1 N–H and O–H groups in total. The van der Waals surface area contributed by atoms with Crippen molar-refractivity contribution in [3.63, 3.8) is 0 Å². The van der Waals surface area contributed by atoms with Crippen molar-refractivity contribution < 1.29 is 13.9 Å². The lowest BCUT2D eigenvalue weighted by molar-refractivity contribution is 0.0877. The first kappa shape index (κ1) is 20.7. The molecular formula is C25H25N3O3. The van der Waals surface area contributed by atoms with E-state index in [9.17, 15) is 4.79 Å². The molecule has 4 rings (SSSR count). The van der Waals surface area contributed by atoms with E-state index in [0.717, 1.165) is 32.5 Å². The zero-order valence-electron chi connectivity index (χ0n) is 17.3. The Morgan fingerprint density at radius 3 is 2.58 bits per heavy atom. The van der Waals surface area contributed by atoms with E-state index in [-0.39, 0.29) is 24.3 Å². The molecule has 1 aromatic heterocycles. The highest BCUT2D eigenvalue weighted by Gasteiger charge is 2.22. The number of furan rings is 1. The van der Waals surface area contributed by atoms with Gasteiger partial charge in [-0.1, -0.05) is 42.5 Å². The molecule has 0 bridgehead atoms. The minimum atomic E-state index is -0.204. The molecule has 1 aliphatic heterocycles. The molecule has 2 heterocycles. The zero-order chi connectivity index (χ0) is 21.5. The third-order valence-electron chi connectivity index (χ3n) is 5.43. The molecule has 6 heteroatoms. The highest BCUT2D eigenvalue weighted by molar-refractivity contribution is 5.91. The molecule has 2 aromatic carbocycles. The van der Waals surface area contributed by atoms with Crippen LogP contribution in [0.3, 0.4) is 0 Å². The number of ether oxygens (including phenoxy) is 1. The van der Waals surface area contributed by atoms with Crippen LogP contribution in [0.4, 0.5) is 0 Å². The molecule has 0 unspecified atom stereocenters. The van der Waals surface area contributed by atoms with Gasteiger partial charge in [0.2, 0.25) is 0 Å². The molecule has 0 atom stereocenters. The van der Waals surface area contributed by atoms with Gasteiger partial charge in [-0.3, -0.25) is 9.69 Å². The smallest absolute Gasteiger partial charge is 0.287 e. The Morgan fingerprint density at radius 2 is 1.81 bits per heavy atom. The molecule has 1 fully saturated rings. The minimum absolute atomic E-state index is 0.145. The van der Waals surface area contributed by atoms with Crippen LogP contribution in [0.2, 0.25) is 0 Å². The van der Waals surface area contributed by atoms with Crippen molar-refractivity contribution in [3.8, 4) is 11.8 Å². The average molecular weight is 415 g/mol. The van der Waals surface area contributed by atoms with E-state index in [2.05, 4.69) is 40.6 Å². The van der Waals surface area contributed by atoms with E-state index < -0.39 is 0 Å². The number of amides is 1. The molecule has 0 radical (unpaired) electrons. The van der Waals surface area contributed by atoms with Crippen molar-refractivity contribution in [1.82, 2.24) is 10.2 Å². The molecule has 1 aliphatic rings. The fourth-order valence-corrected chi connectivity index (χ4v) is 3.74. The summed E-state index contributed by atoms with van der Waals surface area (Å²) in [5.74, 6) is 1.11. The van der Waals surface area contributed by atoms with Gasteiger partial charge < -0.3 is 14.5 Å². The molecule has 0 saturated carbocycles. The van der Waals surface area contributed by atoms with Crippen molar-refractivity contribution >= 4 is 5.91 Å². The van der Waals surface area contributed by atoms with E-state index in [1.54, 1.807) is 30.3 Å². The highest BCUT2D eigenvalue weighted by atomic mass is 16.5. The van der Waals surface area contributed by atoms with Crippen LogP contribution in [0.1, 0.15) is 40.3 Å². The second-order valence-corrected chi connectivity index (χ2v) is 7.67. The van der Waals surface area contributed by atoms with Gasteiger partial charge in [-0.2, -0.15) is 5.26 Å². The molecule has 6 nitrogen and oxygen atoms in total. The monoisotopic (exact) mass is 415 g/mol. The third-order valence-corrected chi connectivity index (χ3v) is 5.43. The third kappa shape index (κ3) is 5.53. The van der Waals surface area contributed by atoms with Gasteiger partial charge in [0.25, 0.3) is 5.91 Å². The van der Waals surface area contributed by atoms with Crippen molar-refractivity contribution in [2.75, 3.05) is 13.1 Å². The second kappa shape index (κ2) is 9.96. The number of carbonyl (C=O) groups excluding carboxylic acids is 1. The average Bonchev–Trinajstić information content (AvgIpc) is 3.29. The predicted octanol–water partition coefficient (Wildman–Crippen LogP) is 4.12. The quantitative estimate of drug-likeness (QED) is 0.628. The molecule has 0 spiro atoms. The van der Waals surface area contributed by atoms with Gasteiger partial charge in [0.05, 0.1) is 5.56 Å². The van der Waals surface area contributed by atoms with Crippen LogP contribution >= 0.6 is 0 Å².